The maximum absolute atomic E-state index is 13.8. The Morgan fingerprint density at radius 2 is 2.20 bits per heavy atom. The Morgan fingerprint density at radius 1 is 1.31 bits per heavy atom. The number of hydrogen-bond donors (Lipinski definition) is 1. The Morgan fingerprint density at radius 3 is 2.94 bits per heavy atom. The van der Waals surface area contributed by atoms with Gasteiger partial charge in [-0.3, -0.25) is 9.36 Å². The van der Waals surface area contributed by atoms with E-state index in [-0.39, 0.29) is 5.56 Å². The first-order valence-corrected chi connectivity index (χ1v) is 14.3. The van der Waals surface area contributed by atoms with Crippen LogP contribution in [0.3, 0.4) is 0 Å². The summed E-state index contributed by atoms with van der Waals surface area (Å²) in [4.78, 5) is 27.6. The number of nitrogens with zero attached hydrogens (tertiary/aromatic N) is 7. The van der Waals surface area contributed by atoms with Crippen LogP contribution in [-0.2, 0) is 6.54 Å². The van der Waals surface area contributed by atoms with E-state index in [1.807, 2.05) is 24.0 Å². The van der Waals surface area contributed by atoms with Gasteiger partial charge in [0.2, 0.25) is 0 Å². The van der Waals surface area contributed by atoms with Gasteiger partial charge in [-0.05, 0) is 46.1 Å². The highest BCUT2D eigenvalue weighted by atomic mass is 127. The second-order valence-electron chi connectivity index (χ2n) is 7.74. The number of nitrogens with one attached hydrogen (secondary N) is 1. The lowest BCUT2D eigenvalue weighted by molar-refractivity contribution is 0.690. The molecule has 0 radical (unpaired) electrons. The number of hydrogen-bond acceptors (Lipinski definition) is 7. The largest absolute Gasteiger partial charge is 0.349 e. The number of allylic oxidation sites excluding steroid dienone is 4. The molecule has 0 spiro atoms. The molecule has 1 aliphatic carbocycles. The van der Waals surface area contributed by atoms with Gasteiger partial charge in [0.1, 0.15) is 29.4 Å². The molecule has 0 unspecified atom stereocenters. The normalized spacial score (nSPS) is 12.9. The summed E-state index contributed by atoms with van der Waals surface area (Å²) < 4.78 is 3.26. The molecule has 0 fully saturated rings. The maximum atomic E-state index is 13.8. The van der Waals surface area contributed by atoms with Gasteiger partial charge < -0.3 is 9.88 Å². The van der Waals surface area contributed by atoms with Crippen molar-refractivity contribution in [3.63, 3.8) is 0 Å². The van der Waals surface area contributed by atoms with E-state index in [0.717, 1.165) is 18.5 Å². The first kappa shape index (κ1) is 23.2. The van der Waals surface area contributed by atoms with Gasteiger partial charge in [-0.15, -0.1) is 0 Å². The van der Waals surface area contributed by atoms with Gasteiger partial charge in [0.15, 0.2) is 5.82 Å². The summed E-state index contributed by atoms with van der Waals surface area (Å²) in [5, 5.41) is 18.0. The van der Waals surface area contributed by atoms with Gasteiger partial charge in [0, 0.05) is 45.8 Å². The van der Waals surface area contributed by atoms with E-state index in [1.54, 1.807) is 21.5 Å². The van der Waals surface area contributed by atoms with Crippen LogP contribution in [0.25, 0.3) is 22.2 Å². The zero-order chi connectivity index (χ0) is 24.4. The second-order valence-corrected chi connectivity index (χ2v) is 9.42. The van der Waals surface area contributed by atoms with Gasteiger partial charge in [-0.1, -0.05) is 18.1 Å². The smallest absolute Gasteiger partial charge is 0.283 e. The predicted molar refractivity (Wildman–Crippen MR) is 146 cm³/mol. The molecule has 1 N–H and O–H groups in total. The number of aromatic nitrogens is 6. The fourth-order valence-electron chi connectivity index (χ4n) is 4.20. The summed E-state index contributed by atoms with van der Waals surface area (Å²) in [6, 6.07) is 4.02. The van der Waals surface area contributed by atoms with Gasteiger partial charge >= 0.3 is 0 Å². The Bertz CT molecular complexity index is 1660. The van der Waals surface area contributed by atoms with E-state index in [4.69, 9.17) is 5.10 Å². The van der Waals surface area contributed by atoms with Crippen LogP contribution < -0.4 is 10.5 Å². The molecule has 0 bridgehead atoms. The van der Waals surface area contributed by atoms with Crippen molar-refractivity contribution in [3.05, 3.63) is 70.3 Å². The van der Waals surface area contributed by atoms with Gasteiger partial charge in [0.05, 0.1) is 23.1 Å². The van der Waals surface area contributed by atoms with Crippen molar-refractivity contribution in [2.24, 2.45) is 0 Å². The van der Waals surface area contributed by atoms with Crippen molar-refractivity contribution < 1.29 is 0 Å². The van der Waals surface area contributed by atoms with E-state index in [9.17, 15) is 10.1 Å². The highest BCUT2D eigenvalue weighted by molar-refractivity contribution is 14.2. The van der Waals surface area contributed by atoms with Crippen LogP contribution >= 0.6 is 30.1 Å². The van der Waals surface area contributed by atoms with Gasteiger partial charge in [0.25, 0.3) is 5.56 Å². The molecular formula is C24H19IN8OS. The fourth-order valence-corrected chi connectivity index (χ4v) is 4.68. The molecule has 35 heavy (non-hydrogen) atoms. The number of aromatic amines is 1. The summed E-state index contributed by atoms with van der Waals surface area (Å²) in [6.45, 7) is 2.89. The Kier molecular flexibility index (Phi) is 6.61. The zero-order valence-electron chi connectivity index (χ0n) is 18.7. The Labute approximate surface area is 217 Å². The molecule has 4 aromatic heterocycles. The maximum Gasteiger partial charge on any atom is 0.283 e. The molecule has 4 heterocycles. The van der Waals surface area contributed by atoms with E-state index in [0.29, 0.717) is 52.4 Å². The summed E-state index contributed by atoms with van der Waals surface area (Å²) in [7, 11) is 1.37. The minimum absolute atomic E-state index is 0.177. The van der Waals surface area contributed by atoms with Gasteiger partial charge in [-0.25, -0.2) is 14.5 Å². The van der Waals surface area contributed by atoms with Crippen LogP contribution in [-0.4, -0.2) is 35.7 Å². The molecule has 1 aliphatic rings. The summed E-state index contributed by atoms with van der Waals surface area (Å²) in [6.07, 6.45) is 12.7. The van der Waals surface area contributed by atoms with Crippen molar-refractivity contribution in [1.29, 1.82) is 5.26 Å². The molecule has 0 saturated carbocycles. The van der Waals surface area contributed by atoms with Crippen LogP contribution in [0.5, 0.6) is 0 Å². The molecule has 0 aromatic carbocycles. The number of nitriles is 1. The molecule has 11 heteroatoms. The first-order chi connectivity index (χ1) is 17.2. The molecular weight excluding hydrogens is 575 g/mol. The zero-order valence-corrected chi connectivity index (χ0v) is 21.7. The third kappa shape index (κ3) is 4.22. The molecule has 0 atom stereocenters. The summed E-state index contributed by atoms with van der Waals surface area (Å²) in [5.41, 5.74) is 2.75. The summed E-state index contributed by atoms with van der Waals surface area (Å²) in [5.74, 6) is 4.22. The summed E-state index contributed by atoms with van der Waals surface area (Å²) >= 11 is 2.11. The third-order valence-corrected chi connectivity index (χ3v) is 6.64. The van der Waals surface area contributed by atoms with Crippen molar-refractivity contribution in [2.45, 2.75) is 26.3 Å². The molecule has 0 aliphatic heterocycles. The quantitative estimate of drug-likeness (QED) is 0.272. The topological polar surface area (TPSA) is 108 Å². The second kappa shape index (κ2) is 9.98. The van der Waals surface area contributed by atoms with E-state index in [1.165, 1.54) is 15.3 Å². The van der Waals surface area contributed by atoms with Gasteiger partial charge in [-0.2, -0.15) is 10.4 Å². The monoisotopic (exact) mass is 594 g/mol. The molecule has 9 nitrogen and oxygen atoms in total. The average Bonchev–Trinajstić information content (AvgIpc) is 3.50. The first-order valence-electron chi connectivity index (χ1n) is 10.9. The van der Waals surface area contributed by atoms with Crippen molar-refractivity contribution in [2.75, 3.05) is 11.4 Å². The van der Waals surface area contributed by atoms with Crippen LogP contribution in [0.4, 0.5) is 5.82 Å². The average molecular weight is 594 g/mol. The number of anilines is 1. The number of H-pyrrole nitrogens is 1. The van der Waals surface area contributed by atoms with Crippen molar-refractivity contribution in [1.82, 2.24) is 29.1 Å². The SMILES string of the molecule is CCN(Cc1nn2ccc(C#CSI)c2c(=O)n1C1=CCCC=C1)c1ncnc2[nH]cc(C#N)c12. The van der Waals surface area contributed by atoms with Crippen LogP contribution in [0, 0.1) is 22.5 Å². The Hall–Kier alpha value is -3.55. The molecule has 5 rings (SSSR count). The fraction of sp³-hybridized carbons (Fsp3) is 0.208. The van der Waals surface area contributed by atoms with E-state index >= 15 is 0 Å². The van der Waals surface area contributed by atoms with Crippen molar-refractivity contribution >= 4 is 58.2 Å². The Balaban J connectivity index is 1.69. The molecule has 4 aromatic rings. The standard InChI is InChI=1S/C24H19IN8OS/c1-2-31(23-20-17(12-26)13-27-22(20)28-15-29-23)14-19-30-32-10-8-16(9-11-35-25)21(32)24(34)33(19)18-6-4-3-5-7-18/h4,6-8,10,13,15H,2-3,5,14H2,1H3,(H,27,28,29). The molecule has 0 amide bonds. The minimum Gasteiger partial charge on any atom is -0.349 e. The highest BCUT2D eigenvalue weighted by Gasteiger charge is 2.22. The number of halogens is 1. The predicted octanol–water partition coefficient (Wildman–Crippen LogP) is 4.25. The van der Waals surface area contributed by atoms with Crippen LogP contribution in [0.15, 0.2) is 47.8 Å². The van der Waals surface area contributed by atoms with Crippen molar-refractivity contribution in [3.8, 4) is 17.2 Å². The minimum atomic E-state index is -0.177. The highest BCUT2D eigenvalue weighted by Crippen LogP contribution is 2.27. The molecule has 0 saturated heterocycles. The molecule has 174 valence electrons. The lowest BCUT2D eigenvalue weighted by Crippen LogP contribution is -2.33. The lowest BCUT2D eigenvalue weighted by atomic mass is 10.1. The number of rotatable bonds is 5. The van der Waals surface area contributed by atoms with E-state index in [2.05, 4.69) is 65.6 Å². The van der Waals surface area contributed by atoms with Crippen LogP contribution in [0.1, 0.15) is 36.7 Å². The van der Waals surface area contributed by atoms with Crippen LogP contribution in [0.2, 0.25) is 0 Å². The number of fused-ring (bicyclic) bond motifs is 2. The van der Waals surface area contributed by atoms with E-state index < -0.39 is 0 Å². The lowest BCUT2D eigenvalue weighted by Gasteiger charge is -2.24. The third-order valence-electron chi connectivity index (χ3n) is 5.80.